The first kappa shape index (κ1) is 29.5. The number of hydrogen-bond donors (Lipinski definition) is 1. The second-order valence-electron chi connectivity index (χ2n) is 8.70. The molecule has 0 fully saturated rings. The SMILES string of the molecule is CCC(=Cc1sc2ccc(Cl)cc2[n+]1CCCCS(=O)(=O)O)C=C1Sc2ccc(Cl)cc2N1C(C)S(=O)[O-]. The van der Waals surface area contributed by atoms with Gasteiger partial charge < -0.3 is 9.45 Å². The monoisotopic (exact) mass is 632 g/mol. The van der Waals surface area contributed by atoms with Crippen LogP contribution in [0.5, 0.6) is 0 Å². The number of fused-ring (bicyclic) bond motifs is 2. The molecule has 0 radical (unpaired) electrons. The average molecular weight is 634 g/mol. The lowest BCUT2D eigenvalue weighted by Crippen LogP contribution is -2.35. The van der Waals surface area contributed by atoms with E-state index in [1.54, 1.807) is 35.3 Å². The highest BCUT2D eigenvalue weighted by molar-refractivity contribution is 8.03. The van der Waals surface area contributed by atoms with E-state index in [2.05, 4.69) is 10.6 Å². The quantitative estimate of drug-likeness (QED) is 0.116. The smallest absolute Gasteiger partial charge is 0.264 e. The number of allylic oxidation sites excluding steroid dienone is 2. The molecule has 0 bridgehead atoms. The maximum absolute atomic E-state index is 11.9. The van der Waals surface area contributed by atoms with Gasteiger partial charge in [-0.05, 0) is 72.8 Å². The summed E-state index contributed by atoms with van der Waals surface area (Å²) in [5.74, 6) is -0.287. The third-order valence-electron chi connectivity index (χ3n) is 6.03. The summed E-state index contributed by atoms with van der Waals surface area (Å²) < 4.78 is 58.4. The number of thioether (sulfide) groups is 1. The summed E-state index contributed by atoms with van der Waals surface area (Å²) in [5.41, 5.74) is 2.69. The van der Waals surface area contributed by atoms with Crippen molar-refractivity contribution in [3.8, 4) is 0 Å². The first-order valence-corrected chi connectivity index (χ1v) is 16.9. The van der Waals surface area contributed by atoms with E-state index in [9.17, 15) is 17.2 Å². The fourth-order valence-corrected chi connectivity index (χ4v) is 7.84. The van der Waals surface area contributed by atoms with Gasteiger partial charge in [0.15, 0.2) is 6.54 Å². The fraction of sp³-hybridized carbons (Fsp3) is 0.320. The van der Waals surface area contributed by atoms with Crippen LogP contribution >= 0.6 is 46.3 Å². The number of benzene rings is 2. The lowest BCUT2D eigenvalue weighted by atomic mass is 10.2. The van der Waals surface area contributed by atoms with Crippen molar-refractivity contribution in [1.29, 1.82) is 0 Å². The minimum Gasteiger partial charge on any atom is -0.771 e. The van der Waals surface area contributed by atoms with Gasteiger partial charge in [0, 0.05) is 33.5 Å². The molecule has 1 N–H and O–H groups in total. The van der Waals surface area contributed by atoms with Gasteiger partial charge in [-0.25, -0.2) is 0 Å². The van der Waals surface area contributed by atoms with Crippen LogP contribution in [0.2, 0.25) is 10.0 Å². The highest BCUT2D eigenvalue weighted by Gasteiger charge is 2.30. The molecule has 0 saturated heterocycles. The normalized spacial score (nSPS) is 16.8. The summed E-state index contributed by atoms with van der Waals surface area (Å²) in [4.78, 5) is 2.71. The van der Waals surface area contributed by atoms with Crippen molar-refractivity contribution in [3.05, 3.63) is 68.1 Å². The molecule has 7 nitrogen and oxygen atoms in total. The van der Waals surface area contributed by atoms with E-state index in [-0.39, 0.29) is 5.75 Å². The van der Waals surface area contributed by atoms with E-state index in [1.165, 1.54) is 11.8 Å². The van der Waals surface area contributed by atoms with E-state index in [0.29, 0.717) is 35.9 Å². The van der Waals surface area contributed by atoms with Crippen LogP contribution in [0.3, 0.4) is 0 Å². The first-order valence-electron chi connectivity index (χ1n) is 11.8. The molecule has 2 heterocycles. The molecule has 2 aromatic carbocycles. The number of hydrogen-bond acceptors (Lipinski definition) is 7. The van der Waals surface area contributed by atoms with Crippen LogP contribution in [-0.2, 0) is 27.7 Å². The van der Waals surface area contributed by atoms with Crippen molar-refractivity contribution in [1.82, 2.24) is 0 Å². The third-order valence-corrected chi connectivity index (χ3v) is 10.3. The van der Waals surface area contributed by atoms with Gasteiger partial charge in [0.25, 0.3) is 15.1 Å². The maximum atomic E-state index is 11.9. The number of anilines is 1. The summed E-state index contributed by atoms with van der Waals surface area (Å²) in [7, 11) is -4.01. The molecule has 13 heteroatoms. The fourth-order valence-electron chi connectivity index (χ4n) is 4.14. The zero-order chi connectivity index (χ0) is 27.6. The molecule has 2 unspecified atom stereocenters. The third kappa shape index (κ3) is 7.00. The molecule has 0 aliphatic carbocycles. The molecule has 0 saturated carbocycles. The second-order valence-corrected chi connectivity index (χ2v) is 14.5. The Balaban J connectivity index is 1.73. The highest BCUT2D eigenvalue weighted by Crippen LogP contribution is 2.48. The Hall–Kier alpha value is -1.44. The van der Waals surface area contributed by atoms with Crippen molar-refractivity contribution >= 4 is 89.5 Å². The maximum Gasteiger partial charge on any atom is 0.264 e. The topological polar surface area (TPSA) is 102 Å². The van der Waals surface area contributed by atoms with Gasteiger partial charge in [-0.15, -0.1) is 0 Å². The predicted molar refractivity (Wildman–Crippen MR) is 157 cm³/mol. The highest BCUT2D eigenvalue weighted by atomic mass is 35.5. The number of rotatable bonds is 10. The van der Waals surface area contributed by atoms with Gasteiger partial charge >= 0.3 is 0 Å². The van der Waals surface area contributed by atoms with Crippen LogP contribution in [0.4, 0.5) is 5.69 Å². The van der Waals surface area contributed by atoms with Gasteiger partial charge in [-0.2, -0.15) is 13.0 Å². The van der Waals surface area contributed by atoms with Gasteiger partial charge in [-0.1, -0.05) is 53.2 Å². The first-order chi connectivity index (χ1) is 18.0. The van der Waals surface area contributed by atoms with Crippen molar-refractivity contribution < 1.29 is 26.3 Å². The largest absolute Gasteiger partial charge is 0.771 e. The Morgan fingerprint density at radius 1 is 1.21 bits per heavy atom. The molecule has 0 spiro atoms. The summed E-state index contributed by atoms with van der Waals surface area (Å²) in [6, 6.07) is 11.1. The van der Waals surface area contributed by atoms with E-state index in [4.69, 9.17) is 27.8 Å². The molecule has 0 amide bonds. The van der Waals surface area contributed by atoms with Gasteiger partial charge in [0.1, 0.15) is 4.70 Å². The summed E-state index contributed by atoms with van der Waals surface area (Å²) in [6.45, 7) is 4.22. The van der Waals surface area contributed by atoms with Crippen molar-refractivity contribution in [2.24, 2.45) is 0 Å². The van der Waals surface area contributed by atoms with Gasteiger partial charge in [0.05, 0.1) is 21.8 Å². The zero-order valence-corrected chi connectivity index (χ0v) is 25.4. The van der Waals surface area contributed by atoms with Crippen molar-refractivity contribution in [2.45, 2.75) is 49.9 Å². The van der Waals surface area contributed by atoms with Crippen molar-refractivity contribution in [3.63, 3.8) is 0 Å². The number of unbranched alkanes of at least 4 members (excludes halogenated alkanes) is 1. The number of aryl methyl sites for hydroxylation is 1. The summed E-state index contributed by atoms with van der Waals surface area (Å²) in [6.07, 6.45) is 5.65. The van der Waals surface area contributed by atoms with Crippen LogP contribution in [0.1, 0.15) is 38.1 Å². The molecule has 4 rings (SSSR count). The van der Waals surface area contributed by atoms with Crippen LogP contribution in [-0.4, -0.2) is 32.9 Å². The second kappa shape index (κ2) is 12.4. The van der Waals surface area contributed by atoms with E-state index >= 15 is 0 Å². The van der Waals surface area contributed by atoms with E-state index in [1.807, 2.05) is 37.3 Å². The molecule has 1 aliphatic rings. The molecular weight excluding hydrogens is 607 g/mol. The lowest BCUT2D eigenvalue weighted by Gasteiger charge is -2.29. The molecule has 3 aromatic rings. The number of thiazole rings is 1. The van der Waals surface area contributed by atoms with Gasteiger partial charge in [-0.3, -0.25) is 8.76 Å². The predicted octanol–water partition coefficient (Wildman–Crippen LogP) is 6.64. The number of nitrogens with zero attached hydrogens (tertiary/aromatic N) is 2. The molecule has 38 heavy (non-hydrogen) atoms. The average Bonchev–Trinajstić information content (AvgIpc) is 3.36. The molecule has 1 aliphatic heterocycles. The van der Waals surface area contributed by atoms with Crippen LogP contribution in [0.25, 0.3) is 16.3 Å². The Morgan fingerprint density at radius 3 is 2.61 bits per heavy atom. The van der Waals surface area contributed by atoms with Gasteiger partial charge in [0.2, 0.25) is 5.52 Å². The zero-order valence-electron chi connectivity index (χ0n) is 20.6. The summed E-state index contributed by atoms with van der Waals surface area (Å²) in [5, 5.41) is 2.09. The minimum absolute atomic E-state index is 0.287. The number of halogens is 2. The van der Waals surface area contributed by atoms with Crippen LogP contribution < -0.4 is 9.47 Å². The minimum atomic E-state index is -4.01. The summed E-state index contributed by atoms with van der Waals surface area (Å²) >= 11 is 13.3. The Morgan fingerprint density at radius 2 is 1.92 bits per heavy atom. The Labute approximate surface area is 243 Å². The molecule has 1 aromatic heterocycles. The standard InChI is InChI=1S/C25H26Cl2N2O5S4/c1-3-17(13-25-29(16(2)37(30)31)21-15-19(27)7-9-23(21)36-25)12-24-28(10-4-5-11-38(32,33)34)20-14-18(26)6-8-22(20)35-24/h6-9,12-16H,3-5,10-11H2,1-2H3,(H-,30,31,32,33,34). The number of aromatic nitrogens is 1. The van der Waals surface area contributed by atoms with Crippen molar-refractivity contribution in [2.75, 3.05) is 10.7 Å². The van der Waals surface area contributed by atoms with E-state index in [0.717, 1.165) is 36.4 Å². The van der Waals surface area contributed by atoms with E-state index < -0.39 is 26.6 Å². The molecule has 204 valence electrons. The molecular formula is C25H26Cl2N2O5S4. The van der Waals surface area contributed by atoms with Crippen LogP contribution in [0, 0.1) is 0 Å². The Bertz CT molecular complexity index is 1550. The lowest BCUT2D eigenvalue weighted by molar-refractivity contribution is -0.669. The molecule has 2 atom stereocenters. The Kier molecular flexibility index (Phi) is 9.63. The van der Waals surface area contributed by atoms with Crippen LogP contribution in [0.15, 0.2) is 58.0 Å².